The van der Waals surface area contributed by atoms with Crippen LogP contribution in [0, 0.1) is 23.2 Å². The highest BCUT2D eigenvalue weighted by molar-refractivity contribution is 7.21. The third-order valence-electron chi connectivity index (χ3n) is 8.55. The molecule has 29 heavy (non-hydrogen) atoms. The average molecular weight is 414 g/mol. The molecular weight excluding hydrogens is 382 g/mol. The minimum absolute atomic E-state index is 0.00291. The van der Waals surface area contributed by atoms with Crippen LogP contribution in [-0.4, -0.2) is 31.4 Å². The maximum atomic E-state index is 13.6. The summed E-state index contributed by atoms with van der Waals surface area (Å²) >= 11 is 1.65. The molecule has 5 nitrogen and oxygen atoms in total. The summed E-state index contributed by atoms with van der Waals surface area (Å²) in [4.78, 5) is 29.2. The summed E-state index contributed by atoms with van der Waals surface area (Å²) in [6, 6.07) is 0. The highest BCUT2D eigenvalue weighted by atomic mass is 32.1. The number of amides is 2. The van der Waals surface area contributed by atoms with Gasteiger partial charge in [-0.15, -0.1) is 0 Å². The van der Waals surface area contributed by atoms with Gasteiger partial charge in [0.1, 0.15) is 5.00 Å². The van der Waals surface area contributed by atoms with E-state index in [1.807, 2.05) is 0 Å². The summed E-state index contributed by atoms with van der Waals surface area (Å²) in [5.41, 5.74) is 1.83. The van der Waals surface area contributed by atoms with Crippen LogP contribution in [0.5, 0.6) is 0 Å². The minimum atomic E-state index is -0.158. The highest BCUT2D eigenvalue weighted by Gasteiger charge is 2.61. The molecule has 0 spiro atoms. The lowest BCUT2D eigenvalue weighted by molar-refractivity contribution is -0.127. The molecular formula is C23H31N3O2S. The smallest absolute Gasteiger partial charge is 0.254 e. The lowest BCUT2D eigenvalue weighted by Gasteiger charge is -2.40. The first-order chi connectivity index (χ1) is 14.1. The Hall–Kier alpha value is -1.56. The van der Waals surface area contributed by atoms with Crippen molar-refractivity contribution in [1.29, 1.82) is 0 Å². The summed E-state index contributed by atoms with van der Waals surface area (Å²) in [5, 5.41) is 8.46. The van der Waals surface area contributed by atoms with Crippen molar-refractivity contribution in [2.45, 2.75) is 64.2 Å². The van der Waals surface area contributed by atoms with Gasteiger partial charge in [-0.05, 0) is 75.0 Å². The maximum Gasteiger partial charge on any atom is 0.254 e. The Kier molecular flexibility index (Phi) is 4.06. The van der Waals surface area contributed by atoms with Gasteiger partial charge in [-0.25, -0.2) is 0 Å². The number of hydrogen-bond acceptors (Lipinski definition) is 4. The molecule has 3 aliphatic heterocycles. The number of carbonyl (C=O) groups is 2. The summed E-state index contributed by atoms with van der Waals surface area (Å²) < 4.78 is 0. The predicted molar refractivity (Wildman–Crippen MR) is 116 cm³/mol. The van der Waals surface area contributed by atoms with Crippen molar-refractivity contribution in [3.05, 3.63) is 11.1 Å². The van der Waals surface area contributed by atoms with Gasteiger partial charge in [0.25, 0.3) is 5.91 Å². The van der Waals surface area contributed by atoms with E-state index in [1.54, 1.807) is 11.3 Å². The van der Waals surface area contributed by atoms with Crippen molar-refractivity contribution in [2.75, 3.05) is 29.9 Å². The van der Waals surface area contributed by atoms with Crippen LogP contribution in [0.1, 0.15) is 80.1 Å². The lowest BCUT2D eigenvalue weighted by Crippen LogP contribution is -2.39. The monoisotopic (exact) mass is 413 g/mol. The van der Waals surface area contributed by atoms with E-state index in [-0.39, 0.29) is 17.2 Å². The second-order valence-electron chi connectivity index (χ2n) is 10.2. The third kappa shape index (κ3) is 2.57. The molecule has 4 heterocycles. The molecule has 156 valence electrons. The van der Waals surface area contributed by atoms with Gasteiger partial charge in [0, 0.05) is 25.2 Å². The fourth-order valence-electron chi connectivity index (χ4n) is 7.45. The molecule has 2 amide bonds. The SMILES string of the molecule is CCCNC(=O)c1c(NC(=O)C23CC4CC(CC2C4)C3)sc2c1C1CCN2CC1. The van der Waals surface area contributed by atoms with Crippen LogP contribution in [-0.2, 0) is 4.79 Å². The van der Waals surface area contributed by atoms with Crippen molar-refractivity contribution in [1.82, 2.24) is 5.32 Å². The molecule has 4 aliphatic carbocycles. The third-order valence-corrected chi connectivity index (χ3v) is 9.73. The number of piperidine rings is 1. The normalized spacial score (nSPS) is 34.0. The van der Waals surface area contributed by atoms with Gasteiger partial charge in [-0.3, -0.25) is 9.59 Å². The largest absolute Gasteiger partial charge is 0.363 e. The molecule has 6 heteroatoms. The van der Waals surface area contributed by atoms with Gasteiger partial charge in [0.05, 0.1) is 16.0 Å². The number of nitrogens with one attached hydrogen (secondary N) is 2. The van der Waals surface area contributed by atoms with Crippen LogP contribution >= 0.6 is 11.3 Å². The van der Waals surface area contributed by atoms with E-state index in [0.29, 0.717) is 18.4 Å². The number of carbonyl (C=O) groups excluding carboxylic acids is 2. The number of hydrogen-bond donors (Lipinski definition) is 2. The number of anilines is 2. The van der Waals surface area contributed by atoms with Gasteiger partial charge < -0.3 is 15.5 Å². The molecule has 1 aromatic rings. The van der Waals surface area contributed by atoms with Crippen LogP contribution in [0.3, 0.4) is 0 Å². The van der Waals surface area contributed by atoms with Crippen molar-refractivity contribution in [3.8, 4) is 0 Å². The van der Waals surface area contributed by atoms with Crippen molar-refractivity contribution >= 4 is 33.2 Å². The second kappa shape index (κ2) is 6.47. The van der Waals surface area contributed by atoms with E-state index >= 15 is 0 Å². The Labute approximate surface area is 176 Å². The molecule has 0 aromatic carbocycles. The Morgan fingerprint density at radius 1 is 1.14 bits per heavy atom. The zero-order chi connectivity index (χ0) is 19.8. The summed E-state index contributed by atoms with van der Waals surface area (Å²) in [7, 11) is 0. The Bertz CT molecular complexity index is 856. The van der Waals surface area contributed by atoms with Crippen LogP contribution < -0.4 is 15.5 Å². The van der Waals surface area contributed by atoms with Crippen LogP contribution in [0.4, 0.5) is 10.0 Å². The van der Waals surface area contributed by atoms with Gasteiger partial charge in [-0.2, -0.15) is 0 Å². The Morgan fingerprint density at radius 3 is 2.55 bits per heavy atom. The number of fused-ring (bicyclic) bond motifs is 2. The molecule has 2 unspecified atom stereocenters. The Balaban J connectivity index is 1.35. The lowest BCUT2D eigenvalue weighted by atomic mass is 9.75. The molecule has 5 fully saturated rings. The second-order valence-corrected chi connectivity index (χ2v) is 11.2. The van der Waals surface area contributed by atoms with Crippen molar-refractivity contribution in [2.24, 2.45) is 23.2 Å². The molecule has 7 aliphatic rings. The van der Waals surface area contributed by atoms with E-state index in [1.165, 1.54) is 29.8 Å². The van der Waals surface area contributed by atoms with Gasteiger partial charge in [-0.1, -0.05) is 18.3 Å². The minimum Gasteiger partial charge on any atom is -0.363 e. The van der Waals surface area contributed by atoms with E-state index in [4.69, 9.17) is 0 Å². The molecule has 1 saturated heterocycles. The average Bonchev–Trinajstić information content (AvgIpc) is 3.32. The van der Waals surface area contributed by atoms with E-state index in [2.05, 4.69) is 22.5 Å². The summed E-state index contributed by atoms with van der Waals surface area (Å²) in [5.74, 6) is 2.75. The van der Waals surface area contributed by atoms with Crippen LogP contribution in [0.25, 0.3) is 0 Å². The number of rotatable bonds is 5. The highest BCUT2D eigenvalue weighted by Crippen LogP contribution is 2.66. The topological polar surface area (TPSA) is 61.4 Å². The van der Waals surface area contributed by atoms with Gasteiger partial charge >= 0.3 is 0 Å². The first kappa shape index (κ1) is 18.2. The summed E-state index contributed by atoms with van der Waals surface area (Å²) in [6.45, 7) is 4.92. The van der Waals surface area contributed by atoms with E-state index < -0.39 is 0 Å². The quantitative estimate of drug-likeness (QED) is 0.754. The first-order valence-corrected chi connectivity index (χ1v) is 12.4. The number of thiophene rings is 1. The molecule has 6 bridgehead atoms. The Morgan fingerprint density at radius 2 is 1.86 bits per heavy atom. The molecule has 4 saturated carbocycles. The number of nitrogens with zero attached hydrogens (tertiary/aromatic N) is 1. The zero-order valence-corrected chi connectivity index (χ0v) is 18.1. The molecule has 2 N–H and O–H groups in total. The van der Waals surface area contributed by atoms with Crippen LogP contribution in [0.15, 0.2) is 0 Å². The van der Waals surface area contributed by atoms with Gasteiger partial charge in [0.15, 0.2) is 0 Å². The molecule has 0 radical (unpaired) electrons. The fraction of sp³-hybridized carbons (Fsp3) is 0.739. The van der Waals surface area contributed by atoms with Gasteiger partial charge in [0.2, 0.25) is 5.91 Å². The fourth-order valence-corrected chi connectivity index (χ4v) is 8.78. The molecule has 8 rings (SSSR count). The maximum absolute atomic E-state index is 13.6. The van der Waals surface area contributed by atoms with Crippen molar-refractivity contribution in [3.63, 3.8) is 0 Å². The van der Waals surface area contributed by atoms with Crippen LogP contribution in [0.2, 0.25) is 0 Å². The first-order valence-electron chi connectivity index (χ1n) is 11.6. The van der Waals surface area contributed by atoms with E-state index in [9.17, 15) is 9.59 Å². The zero-order valence-electron chi connectivity index (χ0n) is 17.3. The standard InChI is InChI=1S/C23H31N3O2S/c1-2-5-24-19(27)18-17-15-3-6-26(7-4-15)21(17)29-20(18)25-22(28)23-11-13-8-14(12-23)10-16(23)9-13/h13-16H,2-12H2,1H3,(H,24,27)(H,25,28). The van der Waals surface area contributed by atoms with E-state index in [0.717, 1.165) is 67.6 Å². The molecule has 2 atom stereocenters. The molecule has 1 aromatic heterocycles. The predicted octanol–water partition coefficient (Wildman–Crippen LogP) is 4.35. The summed E-state index contributed by atoms with van der Waals surface area (Å²) in [6.07, 6.45) is 9.12. The van der Waals surface area contributed by atoms with Crippen molar-refractivity contribution < 1.29 is 9.59 Å².